The number of imidazole rings is 1. The molecule has 0 aliphatic carbocycles. The van der Waals surface area contributed by atoms with Crippen molar-refractivity contribution >= 4 is 0 Å². The number of aromatic nitrogens is 2. The number of ether oxygens (including phenoxy) is 1. The van der Waals surface area contributed by atoms with Gasteiger partial charge >= 0.3 is 0 Å². The lowest BCUT2D eigenvalue weighted by molar-refractivity contribution is 0.224. The highest BCUT2D eigenvalue weighted by Crippen LogP contribution is 2.28. The summed E-state index contributed by atoms with van der Waals surface area (Å²) in [4.78, 5) is 6.75. The van der Waals surface area contributed by atoms with E-state index in [1.54, 1.807) is 0 Å². The topological polar surface area (TPSA) is 30.3 Å². The van der Waals surface area contributed by atoms with Crippen molar-refractivity contribution in [1.82, 2.24) is 14.5 Å². The largest absolute Gasteiger partial charge is 0.493 e. The molecule has 2 aliphatic rings. The summed E-state index contributed by atoms with van der Waals surface area (Å²) in [6.07, 6.45) is 9.48. The molecular weight excluding hydrogens is 262 g/mol. The maximum Gasteiger partial charge on any atom is 0.122 e. The van der Waals surface area contributed by atoms with E-state index in [9.17, 15) is 0 Å². The Bertz CT molecular complexity index is 609. The minimum atomic E-state index is 0.628. The third-order valence-corrected chi connectivity index (χ3v) is 4.62. The molecule has 0 N–H and O–H groups in total. The minimum Gasteiger partial charge on any atom is -0.493 e. The fraction of sp³-hybridized carbons (Fsp3) is 0.471. The zero-order valence-electron chi connectivity index (χ0n) is 12.2. The van der Waals surface area contributed by atoms with Gasteiger partial charge in [-0.3, -0.25) is 4.90 Å². The van der Waals surface area contributed by atoms with E-state index in [1.165, 1.54) is 30.5 Å². The van der Waals surface area contributed by atoms with Crippen LogP contribution >= 0.6 is 0 Å². The molecule has 0 amide bonds. The quantitative estimate of drug-likeness (QED) is 0.863. The molecule has 1 atom stereocenters. The monoisotopic (exact) mass is 283 g/mol. The Hall–Kier alpha value is -1.81. The molecule has 1 fully saturated rings. The van der Waals surface area contributed by atoms with Gasteiger partial charge in [0, 0.05) is 37.9 Å². The third kappa shape index (κ3) is 2.68. The Balaban J connectivity index is 1.45. The predicted octanol–water partition coefficient (Wildman–Crippen LogP) is 2.48. The van der Waals surface area contributed by atoms with Crippen molar-refractivity contribution < 1.29 is 4.74 Å². The highest BCUT2D eigenvalue weighted by molar-refractivity contribution is 5.39. The van der Waals surface area contributed by atoms with Gasteiger partial charge < -0.3 is 9.30 Å². The zero-order valence-corrected chi connectivity index (χ0v) is 12.2. The number of benzene rings is 1. The van der Waals surface area contributed by atoms with Crippen LogP contribution in [0.5, 0.6) is 5.75 Å². The van der Waals surface area contributed by atoms with Crippen molar-refractivity contribution in [3.8, 4) is 5.75 Å². The van der Waals surface area contributed by atoms with Crippen LogP contribution in [0, 0.1) is 0 Å². The molecule has 1 saturated heterocycles. The number of hydrogen-bond acceptors (Lipinski definition) is 3. The van der Waals surface area contributed by atoms with Crippen LogP contribution in [0.15, 0.2) is 36.9 Å². The molecule has 0 bridgehead atoms. The second kappa shape index (κ2) is 5.53. The first-order valence-corrected chi connectivity index (χ1v) is 7.83. The molecule has 2 aromatic rings. The van der Waals surface area contributed by atoms with E-state index < -0.39 is 0 Å². The number of fused-ring (bicyclic) bond motifs is 1. The van der Waals surface area contributed by atoms with Crippen molar-refractivity contribution in [2.24, 2.45) is 0 Å². The van der Waals surface area contributed by atoms with Gasteiger partial charge in [-0.1, -0.05) is 12.1 Å². The number of rotatable bonds is 4. The standard InChI is InChI=1S/C17H21N3O/c1-2-16(12-19-8-6-18-13-19)20(7-1)11-14-3-4-17-15(10-14)5-9-21-17/h3-4,6,8,10,13,16H,1-2,5,7,9,11-12H2/t16-/m1/s1. The molecule has 4 heteroatoms. The van der Waals surface area contributed by atoms with Crippen LogP contribution < -0.4 is 4.74 Å². The van der Waals surface area contributed by atoms with Gasteiger partial charge in [-0.2, -0.15) is 0 Å². The predicted molar refractivity (Wildman–Crippen MR) is 81.3 cm³/mol. The van der Waals surface area contributed by atoms with Gasteiger partial charge in [-0.25, -0.2) is 4.98 Å². The van der Waals surface area contributed by atoms with Gasteiger partial charge in [0.1, 0.15) is 5.75 Å². The average Bonchev–Trinajstić information content (AvgIpc) is 3.22. The van der Waals surface area contributed by atoms with Crippen LogP contribution in [0.2, 0.25) is 0 Å². The van der Waals surface area contributed by atoms with Crippen molar-refractivity contribution in [2.45, 2.75) is 38.4 Å². The molecule has 1 aromatic heterocycles. The molecule has 3 heterocycles. The molecule has 0 saturated carbocycles. The van der Waals surface area contributed by atoms with Crippen molar-refractivity contribution in [3.05, 3.63) is 48.0 Å². The lowest BCUT2D eigenvalue weighted by Gasteiger charge is -2.25. The van der Waals surface area contributed by atoms with E-state index >= 15 is 0 Å². The molecular formula is C17H21N3O. The minimum absolute atomic E-state index is 0.628. The Labute approximate surface area is 125 Å². The summed E-state index contributed by atoms with van der Waals surface area (Å²) in [5, 5.41) is 0. The highest BCUT2D eigenvalue weighted by atomic mass is 16.5. The van der Waals surface area contributed by atoms with E-state index in [0.29, 0.717) is 6.04 Å². The van der Waals surface area contributed by atoms with Gasteiger partial charge in [0.15, 0.2) is 0 Å². The fourth-order valence-electron chi connectivity index (χ4n) is 3.52. The van der Waals surface area contributed by atoms with E-state index in [2.05, 4.69) is 38.8 Å². The zero-order chi connectivity index (χ0) is 14.1. The Morgan fingerprint density at radius 2 is 2.33 bits per heavy atom. The van der Waals surface area contributed by atoms with Crippen LogP contribution in [0.4, 0.5) is 0 Å². The third-order valence-electron chi connectivity index (χ3n) is 4.62. The highest BCUT2D eigenvalue weighted by Gasteiger charge is 2.25. The Morgan fingerprint density at radius 1 is 1.33 bits per heavy atom. The van der Waals surface area contributed by atoms with Crippen molar-refractivity contribution in [1.29, 1.82) is 0 Å². The van der Waals surface area contributed by atoms with Crippen molar-refractivity contribution in [3.63, 3.8) is 0 Å². The molecule has 2 aliphatic heterocycles. The lowest BCUT2D eigenvalue weighted by atomic mass is 10.1. The SMILES string of the molecule is c1cn(C[C@H]2CCCN2Cc2ccc3c(c2)CCO3)cn1. The Morgan fingerprint density at radius 3 is 3.24 bits per heavy atom. The molecule has 0 spiro atoms. The maximum atomic E-state index is 5.59. The molecule has 110 valence electrons. The van der Waals surface area contributed by atoms with Crippen LogP contribution in [0.25, 0.3) is 0 Å². The summed E-state index contributed by atoms with van der Waals surface area (Å²) >= 11 is 0. The fourth-order valence-corrected chi connectivity index (χ4v) is 3.52. The van der Waals surface area contributed by atoms with E-state index in [1.807, 2.05) is 12.5 Å². The summed E-state index contributed by atoms with van der Waals surface area (Å²) in [6, 6.07) is 7.31. The van der Waals surface area contributed by atoms with E-state index in [0.717, 1.165) is 31.9 Å². The summed E-state index contributed by atoms with van der Waals surface area (Å²) in [6.45, 7) is 4.14. The maximum absolute atomic E-state index is 5.59. The summed E-state index contributed by atoms with van der Waals surface area (Å²) in [5.74, 6) is 1.08. The first kappa shape index (κ1) is 12.9. The van der Waals surface area contributed by atoms with Gasteiger partial charge in [0.2, 0.25) is 0 Å². The first-order chi connectivity index (χ1) is 10.4. The number of likely N-dealkylation sites (tertiary alicyclic amines) is 1. The summed E-state index contributed by atoms with van der Waals surface area (Å²) < 4.78 is 7.78. The van der Waals surface area contributed by atoms with Gasteiger partial charge in [-0.05, 0) is 36.6 Å². The van der Waals surface area contributed by atoms with Crippen LogP contribution in [0.3, 0.4) is 0 Å². The van der Waals surface area contributed by atoms with Gasteiger partial charge in [0.25, 0.3) is 0 Å². The van der Waals surface area contributed by atoms with Crippen LogP contribution in [-0.4, -0.2) is 33.6 Å². The van der Waals surface area contributed by atoms with E-state index in [-0.39, 0.29) is 0 Å². The summed E-state index contributed by atoms with van der Waals surface area (Å²) in [7, 11) is 0. The molecule has 21 heavy (non-hydrogen) atoms. The average molecular weight is 283 g/mol. The van der Waals surface area contributed by atoms with Gasteiger partial charge in [-0.15, -0.1) is 0 Å². The second-order valence-corrected chi connectivity index (χ2v) is 6.07. The molecule has 4 rings (SSSR count). The van der Waals surface area contributed by atoms with Crippen LogP contribution in [0.1, 0.15) is 24.0 Å². The normalized spacial score (nSPS) is 21.4. The smallest absolute Gasteiger partial charge is 0.122 e. The lowest BCUT2D eigenvalue weighted by Crippen LogP contribution is -2.32. The van der Waals surface area contributed by atoms with Gasteiger partial charge in [0.05, 0.1) is 12.9 Å². The first-order valence-electron chi connectivity index (χ1n) is 7.83. The van der Waals surface area contributed by atoms with E-state index in [4.69, 9.17) is 4.74 Å². The summed E-state index contributed by atoms with van der Waals surface area (Å²) in [5.41, 5.74) is 2.79. The van der Waals surface area contributed by atoms with Crippen molar-refractivity contribution in [2.75, 3.05) is 13.2 Å². The molecule has 0 unspecified atom stereocenters. The molecule has 0 radical (unpaired) electrons. The molecule has 4 nitrogen and oxygen atoms in total. The second-order valence-electron chi connectivity index (χ2n) is 6.07. The number of nitrogens with zero attached hydrogens (tertiary/aromatic N) is 3. The molecule has 1 aromatic carbocycles. The Kier molecular flexibility index (Phi) is 3.39. The van der Waals surface area contributed by atoms with Crippen LogP contribution in [-0.2, 0) is 19.5 Å². The number of hydrogen-bond donors (Lipinski definition) is 0.